The Balaban J connectivity index is 2.36. The van der Waals surface area contributed by atoms with Gasteiger partial charge >= 0.3 is 8.56 Å². The summed E-state index contributed by atoms with van der Waals surface area (Å²) in [6, 6.07) is 15.2. The Morgan fingerprint density at radius 2 is 1.42 bits per heavy atom. The Bertz CT molecular complexity index is 1100. The maximum Gasteiger partial charge on any atom is 0.403 e. The van der Waals surface area contributed by atoms with E-state index in [2.05, 4.69) is 0 Å². The van der Waals surface area contributed by atoms with Crippen molar-refractivity contribution in [1.29, 1.82) is 0 Å². The molecule has 0 spiro atoms. The van der Waals surface area contributed by atoms with E-state index in [1.807, 2.05) is 95.8 Å². The molecule has 0 saturated heterocycles. The van der Waals surface area contributed by atoms with E-state index in [-0.39, 0.29) is 18.0 Å². The van der Waals surface area contributed by atoms with E-state index in [4.69, 9.17) is 0 Å². The van der Waals surface area contributed by atoms with Crippen LogP contribution in [0, 0.1) is 20.8 Å². The fourth-order valence-corrected chi connectivity index (χ4v) is 7.27. The molecule has 2 N–H and O–H groups in total. The van der Waals surface area contributed by atoms with E-state index in [1.54, 1.807) is 6.07 Å². The highest BCUT2D eigenvalue weighted by Gasteiger charge is 2.42. The second-order valence-corrected chi connectivity index (χ2v) is 11.4. The Labute approximate surface area is 186 Å². The van der Waals surface area contributed by atoms with Crippen molar-refractivity contribution in [3.05, 3.63) is 70.8 Å². The summed E-state index contributed by atoms with van der Waals surface area (Å²) in [7, 11) is -4.16. The molecular weight excluding hydrogens is 402 g/mol. The zero-order chi connectivity index (χ0) is 23.1. The maximum absolute atomic E-state index is 13.9. The summed E-state index contributed by atoms with van der Waals surface area (Å²) in [4.78, 5) is 39.1. The third-order valence-corrected chi connectivity index (χ3v) is 8.54. The van der Waals surface area contributed by atoms with Crippen LogP contribution in [0.15, 0.2) is 48.5 Å². The molecule has 0 radical (unpaired) electrons. The van der Waals surface area contributed by atoms with E-state index < -0.39 is 8.56 Å². The Morgan fingerprint density at radius 1 is 0.871 bits per heavy atom. The number of hydrogen-bond donors (Lipinski definition) is 2. The topological polar surface area (TPSA) is 60.8 Å². The zero-order valence-electron chi connectivity index (χ0n) is 19.5. The van der Waals surface area contributed by atoms with E-state index in [0.29, 0.717) is 15.9 Å². The second-order valence-electron chi connectivity index (χ2n) is 9.06. The Morgan fingerprint density at radius 3 is 1.97 bits per heavy atom. The molecule has 1 amide bonds. The van der Waals surface area contributed by atoms with Crippen molar-refractivity contribution < 1.29 is 14.4 Å². The fourth-order valence-electron chi connectivity index (χ4n) is 4.85. The number of nitrogens with zero attached hydrogens (tertiary/aromatic N) is 1. The summed E-state index contributed by atoms with van der Waals surface area (Å²) in [5.74, 6) is -0.167. The summed E-state index contributed by atoms with van der Waals surface area (Å²) >= 11 is 0. The van der Waals surface area contributed by atoms with Crippen molar-refractivity contribution in [3.8, 4) is 0 Å². The third-order valence-electron chi connectivity index (χ3n) is 5.89. The number of rotatable bonds is 5. The molecule has 0 saturated carbocycles. The number of benzene rings is 3. The number of fused-ring (bicyclic) bond motifs is 1. The standard InChI is InChI=1S/C26H33NO3Si/c1-16(2)27(17(3)4)26(28)24-22-11-9-8-10-21(22)12-13-23(24)31(29,30)25-19(6)14-18(5)15-20(25)7/h8-17,29-30H,1-7H3. The number of aryl methyl sites for hydroxylation is 3. The van der Waals surface area contributed by atoms with Gasteiger partial charge < -0.3 is 14.5 Å². The van der Waals surface area contributed by atoms with Crippen LogP contribution < -0.4 is 10.4 Å². The number of carbonyl (C=O) groups excluding carboxylic acids is 1. The summed E-state index contributed by atoms with van der Waals surface area (Å²) in [5.41, 5.74) is 3.15. The molecule has 0 bridgehead atoms. The smallest absolute Gasteiger partial charge is 0.403 e. The zero-order valence-corrected chi connectivity index (χ0v) is 20.5. The molecule has 3 rings (SSSR count). The van der Waals surface area contributed by atoms with Crippen LogP contribution in [0.5, 0.6) is 0 Å². The normalized spacial score (nSPS) is 12.1. The van der Waals surface area contributed by atoms with Gasteiger partial charge in [-0.15, -0.1) is 0 Å². The summed E-state index contributed by atoms with van der Waals surface area (Å²) < 4.78 is 0. The predicted octanol–water partition coefficient (Wildman–Crippen LogP) is 3.57. The second kappa shape index (κ2) is 8.58. The minimum Gasteiger partial charge on any atom is -0.404 e. The van der Waals surface area contributed by atoms with Crippen LogP contribution in [0.1, 0.15) is 54.7 Å². The molecule has 0 aliphatic carbocycles. The predicted molar refractivity (Wildman–Crippen MR) is 131 cm³/mol. The molecule has 0 atom stereocenters. The van der Waals surface area contributed by atoms with E-state index >= 15 is 0 Å². The molecule has 0 unspecified atom stereocenters. The van der Waals surface area contributed by atoms with Crippen LogP contribution in [0.25, 0.3) is 10.8 Å². The van der Waals surface area contributed by atoms with Crippen molar-refractivity contribution in [2.75, 3.05) is 0 Å². The van der Waals surface area contributed by atoms with Gasteiger partial charge in [-0.3, -0.25) is 4.79 Å². The lowest BCUT2D eigenvalue weighted by atomic mass is 10.0. The van der Waals surface area contributed by atoms with Crippen LogP contribution in [0.2, 0.25) is 0 Å². The van der Waals surface area contributed by atoms with Gasteiger partial charge in [-0.1, -0.05) is 54.1 Å². The quantitative estimate of drug-likeness (QED) is 0.603. The first-order chi connectivity index (χ1) is 14.5. The molecule has 0 aromatic heterocycles. The van der Waals surface area contributed by atoms with Crippen molar-refractivity contribution in [1.82, 2.24) is 4.90 Å². The van der Waals surface area contributed by atoms with Crippen LogP contribution in [-0.2, 0) is 0 Å². The highest BCUT2D eigenvalue weighted by atomic mass is 28.4. The average Bonchev–Trinajstić information content (AvgIpc) is 2.65. The molecule has 4 nitrogen and oxygen atoms in total. The van der Waals surface area contributed by atoms with Gasteiger partial charge in [-0.05, 0) is 70.4 Å². The van der Waals surface area contributed by atoms with E-state index in [1.165, 1.54) is 0 Å². The molecule has 0 aliphatic rings. The minimum absolute atomic E-state index is 0.0179. The maximum atomic E-state index is 13.9. The van der Waals surface area contributed by atoms with Crippen LogP contribution in [-0.4, -0.2) is 41.0 Å². The highest BCUT2D eigenvalue weighted by molar-refractivity contribution is 6.92. The SMILES string of the molecule is Cc1cc(C)c([Si](O)(O)c2ccc3ccccc3c2C(=O)N(C(C)C)C(C)C)c(C)c1. The largest absolute Gasteiger partial charge is 0.404 e. The van der Waals surface area contributed by atoms with Crippen molar-refractivity contribution >= 4 is 35.6 Å². The van der Waals surface area contributed by atoms with Gasteiger partial charge in [0.15, 0.2) is 0 Å². The first kappa shape index (κ1) is 23.2. The highest BCUT2D eigenvalue weighted by Crippen LogP contribution is 2.23. The minimum atomic E-state index is -4.16. The summed E-state index contributed by atoms with van der Waals surface area (Å²) in [5, 5.41) is 2.56. The molecule has 5 heteroatoms. The molecule has 0 aliphatic heterocycles. The van der Waals surface area contributed by atoms with Crippen LogP contribution in [0.4, 0.5) is 0 Å². The van der Waals surface area contributed by atoms with Gasteiger partial charge in [0, 0.05) is 22.5 Å². The number of amides is 1. The van der Waals surface area contributed by atoms with Gasteiger partial charge in [0.25, 0.3) is 5.91 Å². The van der Waals surface area contributed by atoms with Crippen molar-refractivity contribution in [2.45, 2.75) is 60.5 Å². The third kappa shape index (κ3) is 4.18. The lowest BCUT2D eigenvalue weighted by molar-refractivity contribution is 0.0646. The average molecular weight is 436 g/mol. The van der Waals surface area contributed by atoms with Crippen LogP contribution >= 0.6 is 0 Å². The number of hydrogen-bond acceptors (Lipinski definition) is 3. The van der Waals surface area contributed by atoms with Crippen molar-refractivity contribution in [3.63, 3.8) is 0 Å². The Kier molecular flexibility index (Phi) is 6.42. The molecular formula is C26H33NO3Si. The molecule has 0 fully saturated rings. The summed E-state index contributed by atoms with van der Waals surface area (Å²) in [6.45, 7) is 13.7. The molecule has 3 aromatic rings. The van der Waals surface area contributed by atoms with Gasteiger partial charge in [0.05, 0.1) is 5.56 Å². The van der Waals surface area contributed by atoms with Gasteiger partial charge in [0.1, 0.15) is 0 Å². The van der Waals surface area contributed by atoms with Gasteiger partial charge in [-0.25, -0.2) is 0 Å². The lowest BCUT2D eigenvalue weighted by Gasteiger charge is -2.33. The number of carbonyl (C=O) groups is 1. The molecule has 3 aromatic carbocycles. The molecule has 164 valence electrons. The molecule has 31 heavy (non-hydrogen) atoms. The molecule has 0 heterocycles. The monoisotopic (exact) mass is 435 g/mol. The summed E-state index contributed by atoms with van der Waals surface area (Å²) in [6.07, 6.45) is 0. The first-order valence-corrected chi connectivity index (χ1v) is 12.7. The van der Waals surface area contributed by atoms with Crippen molar-refractivity contribution in [2.24, 2.45) is 0 Å². The Hall–Kier alpha value is -2.47. The lowest BCUT2D eigenvalue weighted by Crippen LogP contribution is -2.63. The van der Waals surface area contributed by atoms with Gasteiger partial charge in [-0.2, -0.15) is 0 Å². The van der Waals surface area contributed by atoms with Crippen LogP contribution in [0.3, 0.4) is 0 Å². The van der Waals surface area contributed by atoms with Gasteiger partial charge in [0.2, 0.25) is 0 Å². The van der Waals surface area contributed by atoms with E-state index in [0.717, 1.165) is 27.5 Å². The first-order valence-electron chi connectivity index (χ1n) is 10.8. The fraction of sp³-hybridized carbons (Fsp3) is 0.346. The van der Waals surface area contributed by atoms with E-state index in [9.17, 15) is 14.4 Å².